The fraction of sp³-hybridized carbons (Fsp3) is 0.391. The van der Waals surface area contributed by atoms with E-state index in [-0.39, 0.29) is 18.4 Å². The fourth-order valence-electron chi connectivity index (χ4n) is 3.04. The average Bonchev–Trinajstić information content (AvgIpc) is 2.64. The van der Waals surface area contributed by atoms with Crippen LogP contribution in [0, 0.1) is 20.8 Å². The second-order valence-corrected chi connectivity index (χ2v) is 7.19. The van der Waals surface area contributed by atoms with E-state index in [0.717, 1.165) is 22.3 Å². The van der Waals surface area contributed by atoms with E-state index < -0.39 is 6.04 Å². The lowest BCUT2D eigenvalue weighted by atomic mass is 10.1. The van der Waals surface area contributed by atoms with Crippen LogP contribution in [0.25, 0.3) is 0 Å². The topological polar surface area (TPSA) is 58.6 Å². The van der Waals surface area contributed by atoms with Gasteiger partial charge in [0.25, 0.3) is 5.91 Å². The molecular formula is C23H30N2O3. The van der Waals surface area contributed by atoms with Gasteiger partial charge in [-0.3, -0.25) is 9.59 Å². The number of amides is 2. The first-order valence-electron chi connectivity index (χ1n) is 9.64. The molecule has 0 bridgehead atoms. The van der Waals surface area contributed by atoms with Crippen LogP contribution in [0.4, 0.5) is 0 Å². The predicted molar refractivity (Wildman–Crippen MR) is 111 cm³/mol. The van der Waals surface area contributed by atoms with Gasteiger partial charge in [-0.2, -0.15) is 0 Å². The highest BCUT2D eigenvalue weighted by Gasteiger charge is 2.26. The van der Waals surface area contributed by atoms with Crippen LogP contribution in [0.15, 0.2) is 42.5 Å². The Balaban J connectivity index is 2.14. The zero-order valence-electron chi connectivity index (χ0n) is 17.4. The summed E-state index contributed by atoms with van der Waals surface area (Å²) in [5.41, 5.74) is 4.28. The lowest BCUT2D eigenvalue weighted by Gasteiger charge is -2.28. The largest absolute Gasteiger partial charge is 0.484 e. The molecule has 28 heavy (non-hydrogen) atoms. The molecule has 2 aromatic carbocycles. The number of carbonyl (C=O) groups is 2. The lowest BCUT2D eigenvalue weighted by molar-refractivity contribution is -0.142. The molecule has 0 saturated carbocycles. The standard InChI is InChI=1S/C23H30N2O3/c1-6-24-23(27)19(5)25(14-20-9-7-16(2)8-10-20)22(26)15-28-21-12-17(3)11-18(4)13-21/h7-13,19H,6,14-15H2,1-5H3,(H,24,27). The summed E-state index contributed by atoms with van der Waals surface area (Å²) in [5, 5.41) is 2.79. The van der Waals surface area contributed by atoms with E-state index >= 15 is 0 Å². The molecule has 0 aromatic heterocycles. The second kappa shape index (κ2) is 9.93. The number of benzene rings is 2. The Hall–Kier alpha value is -2.82. The van der Waals surface area contributed by atoms with Crippen molar-refractivity contribution in [1.82, 2.24) is 10.2 Å². The Labute approximate surface area is 167 Å². The Kier molecular flexibility index (Phi) is 7.61. The first-order chi connectivity index (χ1) is 13.3. The van der Waals surface area contributed by atoms with Crippen LogP contribution in [0.5, 0.6) is 5.75 Å². The van der Waals surface area contributed by atoms with Crippen LogP contribution in [0.2, 0.25) is 0 Å². The van der Waals surface area contributed by atoms with Crippen molar-refractivity contribution >= 4 is 11.8 Å². The third-order valence-corrected chi connectivity index (χ3v) is 4.55. The van der Waals surface area contributed by atoms with Crippen molar-refractivity contribution in [2.75, 3.05) is 13.2 Å². The summed E-state index contributed by atoms with van der Waals surface area (Å²) in [6, 6.07) is 13.2. The predicted octanol–water partition coefficient (Wildman–Crippen LogP) is 3.54. The van der Waals surface area contributed by atoms with Crippen molar-refractivity contribution in [3.63, 3.8) is 0 Å². The number of likely N-dealkylation sites (N-methyl/N-ethyl adjacent to an activating group) is 1. The number of ether oxygens (including phenoxy) is 1. The minimum absolute atomic E-state index is 0.113. The number of aryl methyl sites for hydroxylation is 3. The number of nitrogens with zero attached hydrogens (tertiary/aromatic N) is 1. The van der Waals surface area contributed by atoms with Crippen molar-refractivity contribution in [1.29, 1.82) is 0 Å². The Morgan fingerprint density at radius 2 is 1.61 bits per heavy atom. The first kappa shape index (κ1) is 21.5. The molecule has 0 aliphatic carbocycles. The minimum atomic E-state index is -0.586. The van der Waals surface area contributed by atoms with Gasteiger partial charge in [0.05, 0.1) is 0 Å². The maximum absolute atomic E-state index is 12.9. The maximum atomic E-state index is 12.9. The number of rotatable bonds is 8. The monoisotopic (exact) mass is 382 g/mol. The molecule has 5 nitrogen and oxygen atoms in total. The van der Waals surface area contributed by atoms with Crippen molar-refractivity contribution in [2.24, 2.45) is 0 Å². The highest BCUT2D eigenvalue weighted by atomic mass is 16.5. The molecule has 0 fully saturated rings. The molecule has 5 heteroatoms. The second-order valence-electron chi connectivity index (χ2n) is 7.19. The van der Waals surface area contributed by atoms with Gasteiger partial charge in [-0.15, -0.1) is 0 Å². The van der Waals surface area contributed by atoms with E-state index in [1.807, 2.05) is 64.1 Å². The van der Waals surface area contributed by atoms with Gasteiger partial charge in [-0.05, 0) is 63.4 Å². The Morgan fingerprint density at radius 3 is 2.18 bits per heavy atom. The zero-order valence-corrected chi connectivity index (χ0v) is 17.4. The maximum Gasteiger partial charge on any atom is 0.261 e. The summed E-state index contributed by atoms with van der Waals surface area (Å²) in [6.07, 6.45) is 0. The molecular weight excluding hydrogens is 352 g/mol. The van der Waals surface area contributed by atoms with E-state index in [1.165, 1.54) is 0 Å². The van der Waals surface area contributed by atoms with Crippen LogP contribution in [-0.2, 0) is 16.1 Å². The Morgan fingerprint density at radius 1 is 1.00 bits per heavy atom. The molecule has 150 valence electrons. The van der Waals surface area contributed by atoms with Crippen LogP contribution < -0.4 is 10.1 Å². The van der Waals surface area contributed by atoms with Gasteiger partial charge in [0.2, 0.25) is 5.91 Å². The third-order valence-electron chi connectivity index (χ3n) is 4.55. The number of hydrogen-bond donors (Lipinski definition) is 1. The van der Waals surface area contributed by atoms with Gasteiger partial charge < -0.3 is 15.0 Å². The highest BCUT2D eigenvalue weighted by Crippen LogP contribution is 2.17. The zero-order chi connectivity index (χ0) is 20.7. The molecule has 1 unspecified atom stereocenters. The Bertz CT molecular complexity index is 795. The molecule has 1 N–H and O–H groups in total. The van der Waals surface area contributed by atoms with Crippen molar-refractivity contribution in [2.45, 2.75) is 47.2 Å². The molecule has 1 atom stereocenters. The third kappa shape index (κ3) is 6.12. The first-order valence-corrected chi connectivity index (χ1v) is 9.64. The van der Waals surface area contributed by atoms with E-state index in [4.69, 9.17) is 4.74 Å². The molecule has 0 aliphatic heterocycles. The minimum Gasteiger partial charge on any atom is -0.484 e. The van der Waals surface area contributed by atoms with Gasteiger partial charge in [-0.1, -0.05) is 35.9 Å². The highest BCUT2D eigenvalue weighted by molar-refractivity contribution is 5.87. The van der Waals surface area contributed by atoms with E-state index in [2.05, 4.69) is 11.4 Å². The summed E-state index contributed by atoms with van der Waals surface area (Å²) < 4.78 is 5.73. The van der Waals surface area contributed by atoms with E-state index in [0.29, 0.717) is 18.8 Å². The summed E-state index contributed by atoms with van der Waals surface area (Å²) in [6.45, 7) is 10.4. The smallest absolute Gasteiger partial charge is 0.261 e. The summed E-state index contributed by atoms with van der Waals surface area (Å²) in [4.78, 5) is 26.8. The van der Waals surface area contributed by atoms with E-state index in [9.17, 15) is 9.59 Å². The molecule has 0 spiro atoms. The van der Waals surface area contributed by atoms with Crippen molar-refractivity contribution < 1.29 is 14.3 Å². The van der Waals surface area contributed by atoms with Gasteiger partial charge in [0, 0.05) is 13.1 Å². The van der Waals surface area contributed by atoms with Crippen LogP contribution in [0.1, 0.15) is 36.1 Å². The van der Waals surface area contributed by atoms with Crippen LogP contribution in [0.3, 0.4) is 0 Å². The molecule has 0 aliphatic rings. The molecule has 2 rings (SSSR count). The quantitative estimate of drug-likeness (QED) is 0.760. The van der Waals surface area contributed by atoms with Gasteiger partial charge >= 0.3 is 0 Å². The molecule has 2 amide bonds. The average molecular weight is 383 g/mol. The van der Waals surface area contributed by atoms with Gasteiger partial charge in [0.1, 0.15) is 11.8 Å². The van der Waals surface area contributed by atoms with Gasteiger partial charge in [0.15, 0.2) is 6.61 Å². The van der Waals surface area contributed by atoms with E-state index in [1.54, 1.807) is 11.8 Å². The normalized spacial score (nSPS) is 11.6. The van der Waals surface area contributed by atoms with Crippen molar-refractivity contribution in [3.8, 4) is 5.75 Å². The van der Waals surface area contributed by atoms with Crippen LogP contribution >= 0.6 is 0 Å². The van der Waals surface area contributed by atoms with Crippen LogP contribution in [-0.4, -0.2) is 35.9 Å². The molecule has 2 aromatic rings. The molecule has 0 radical (unpaired) electrons. The summed E-state index contributed by atoms with van der Waals surface area (Å²) in [7, 11) is 0. The number of nitrogens with one attached hydrogen (secondary N) is 1. The van der Waals surface area contributed by atoms with Crippen molar-refractivity contribution in [3.05, 3.63) is 64.7 Å². The number of carbonyl (C=O) groups excluding carboxylic acids is 2. The fourth-order valence-corrected chi connectivity index (χ4v) is 3.04. The summed E-state index contributed by atoms with van der Waals surface area (Å²) in [5.74, 6) is 0.264. The van der Waals surface area contributed by atoms with Gasteiger partial charge in [-0.25, -0.2) is 0 Å². The SMILES string of the molecule is CCNC(=O)C(C)N(Cc1ccc(C)cc1)C(=O)COc1cc(C)cc(C)c1. The number of hydrogen-bond acceptors (Lipinski definition) is 3. The summed E-state index contributed by atoms with van der Waals surface area (Å²) >= 11 is 0. The molecule has 0 saturated heterocycles. The lowest BCUT2D eigenvalue weighted by Crippen LogP contribution is -2.49. The molecule has 0 heterocycles.